The molecule has 0 aliphatic heterocycles. The average Bonchev–Trinajstić information content (AvgIpc) is 3.12. The van der Waals surface area contributed by atoms with Gasteiger partial charge in [-0.25, -0.2) is 9.59 Å². The van der Waals surface area contributed by atoms with Crippen molar-refractivity contribution in [3.63, 3.8) is 0 Å². The number of amides is 4. The number of carbonyl (C=O) groups is 2. The van der Waals surface area contributed by atoms with Gasteiger partial charge in [0.1, 0.15) is 0 Å². The van der Waals surface area contributed by atoms with Gasteiger partial charge >= 0.3 is 12.1 Å². The van der Waals surface area contributed by atoms with E-state index in [9.17, 15) is 9.59 Å². The molecule has 2 aromatic carbocycles. The Kier molecular flexibility index (Phi) is 25.5. The largest absolute Gasteiger partial charge is 0.338 e. The number of benzene rings is 2. The molecule has 0 heterocycles. The zero-order valence-electron chi connectivity index (χ0n) is 33.0. The van der Waals surface area contributed by atoms with Crippen LogP contribution in [0.2, 0.25) is 0 Å². The molecule has 0 saturated carbocycles. The van der Waals surface area contributed by atoms with Crippen LogP contribution >= 0.6 is 0 Å². The van der Waals surface area contributed by atoms with Crippen molar-refractivity contribution >= 4 is 23.4 Å². The minimum absolute atomic E-state index is 0.167. The molecule has 288 valence electrons. The number of rotatable bonds is 30. The summed E-state index contributed by atoms with van der Waals surface area (Å²) in [6.07, 6.45) is 20.5. The SMILES string of the molecule is CCCCCCCN(CCCC)CCCNC(=O)Nc1cccc(Cc2cccc(NC(=O)NCCCN(CCCC)CCCCCCC)c2)c1. The highest BCUT2D eigenvalue weighted by molar-refractivity contribution is 5.89. The fraction of sp³-hybridized carbons (Fsp3) is 0.674. The van der Waals surface area contributed by atoms with Crippen LogP contribution < -0.4 is 21.3 Å². The highest BCUT2D eigenvalue weighted by Gasteiger charge is 2.09. The number of hydrogen-bond acceptors (Lipinski definition) is 4. The predicted molar refractivity (Wildman–Crippen MR) is 219 cm³/mol. The molecule has 0 unspecified atom stereocenters. The lowest BCUT2D eigenvalue weighted by molar-refractivity contribution is 0.245. The lowest BCUT2D eigenvalue weighted by Crippen LogP contribution is -2.33. The minimum atomic E-state index is -0.167. The molecule has 0 bridgehead atoms. The molecule has 0 aromatic heterocycles. The summed E-state index contributed by atoms with van der Waals surface area (Å²) >= 11 is 0. The Hall–Kier alpha value is -3.10. The van der Waals surface area contributed by atoms with Gasteiger partial charge in [0.05, 0.1) is 0 Å². The van der Waals surface area contributed by atoms with E-state index in [0.717, 1.165) is 74.6 Å². The van der Waals surface area contributed by atoms with Gasteiger partial charge in [0.2, 0.25) is 0 Å². The summed E-state index contributed by atoms with van der Waals surface area (Å²) in [5.41, 5.74) is 3.75. The summed E-state index contributed by atoms with van der Waals surface area (Å²) < 4.78 is 0. The van der Waals surface area contributed by atoms with Crippen LogP contribution in [0.3, 0.4) is 0 Å². The van der Waals surface area contributed by atoms with Crippen molar-refractivity contribution in [1.82, 2.24) is 20.4 Å². The Morgan fingerprint density at radius 1 is 0.471 bits per heavy atom. The smallest absolute Gasteiger partial charge is 0.319 e. The Labute approximate surface area is 312 Å². The fourth-order valence-corrected chi connectivity index (χ4v) is 6.43. The zero-order chi connectivity index (χ0) is 36.8. The Balaban J connectivity index is 1.73. The fourth-order valence-electron chi connectivity index (χ4n) is 6.43. The van der Waals surface area contributed by atoms with Crippen molar-refractivity contribution in [1.29, 1.82) is 0 Å². The quantitative estimate of drug-likeness (QED) is 0.0609. The zero-order valence-corrected chi connectivity index (χ0v) is 33.0. The van der Waals surface area contributed by atoms with Crippen LogP contribution in [0.1, 0.15) is 142 Å². The molecule has 8 nitrogen and oxygen atoms in total. The van der Waals surface area contributed by atoms with Crippen LogP contribution in [-0.4, -0.2) is 74.2 Å². The van der Waals surface area contributed by atoms with E-state index in [0.29, 0.717) is 19.5 Å². The normalized spacial score (nSPS) is 11.3. The van der Waals surface area contributed by atoms with Crippen molar-refractivity contribution in [2.75, 3.05) is 63.0 Å². The molecule has 51 heavy (non-hydrogen) atoms. The highest BCUT2D eigenvalue weighted by Crippen LogP contribution is 2.18. The maximum absolute atomic E-state index is 12.7. The molecule has 0 spiro atoms. The van der Waals surface area contributed by atoms with E-state index in [4.69, 9.17) is 0 Å². The third-order valence-electron chi connectivity index (χ3n) is 9.46. The Bertz CT molecular complexity index is 1090. The van der Waals surface area contributed by atoms with E-state index in [1.807, 2.05) is 36.4 Å². The van der Waals surface area contributed by atoms with Gasteiger partial charge < -0.3 is 31.1 Å². The van der Waals surface area contributed by atoms with Crippen molar-refractivity contribution < 1.29 is 9.59 Å². The molecule has 0 aliphatic carbocycles. The Morgan fingerprint density at radius 2 is 0.843 bits per heavy atom. The molecular weight excluding hydrogens is 633 g/mol. The second-order valence-electron chi connectivity index (χ2n) is 14.3. The maximum Gasteiger partial charge on any atom is 0.319 e. The van der Waals surface area contributed by atoms with E-state index in [2.05, 4.69) is 70.9 Å². The molecule has 0 aliphatic rings. The van der Waals surface area contributed by atoms with Crippen LogP contribution in [0, 0.1) is 0 Å². The second kappa shape index (κ2) is 29.5. The minimum Gasteiger partial charge on any atom is -0.338 e. The van der Waals surface area contributed by atoms with Gasteiger partial charge in [0.25, 0.3) is 0 Å². The van der Waals surface area contributed by atoms with Gasteiger partial charge in [-0.1, -0.05) is 116 Å². The summed E-state index contributed by atoms with van der Waals surface area (Å²) in [6, 6.07) is 15.6. The lowest BCUT2D eigenvalue weighted by atomic mass is 10.0. The number of carbonyl (C=O) groups excluding carboxylic acids is 2. The first-order valence-electron chi connectivity index (χ1n) is 20.7. The maximum atomic E-state index is 12.7. The molecule has 8 heteroatoms. The van der Waals surface area contributed by atoms with E-state index >= 15 is 0 Å². The summed E-state index contributed by atoms with van der Waals surface area (Å²) in [5, 5.41) is 12.1. The lowest BCUT2D eigenvalue weighted by Gasteiger charge is -2.22. The number of hydrogen-bond donors (Lipinski definition) is 4. The average molecular weight is 707 g/mol. The van der Waals surface area contributed by atoms with Crippen molar-refractivity contribution in [3.8, 4) is 0 Å². The van der Waals surface area contributed by atoms with E-state index in [-0.39, 0.29) is 12.1 Å². The highest BCUT2D eigenvalue weighted by atomic mass is 16.2. The van der Waals surface area contributed by atoms with Gasteiger partial charge in [-0.2, -0.15) is 0 Å². The van der Waals surface area contributed by atoms with E-state index in [1.165, 1.54) is 89.9 Å². The van der Waals surface area contributed by atoms with Gasteiger partial charge in [0, 0.05) is 24.5 Å². The first kappa shape index (κ1) is 44.1. The first-order chi connectivity index (χ1) is 25.0. The number of anilines is 2. The van der Waals surface area contributed by atoms with Crippen molar-refractivity contribution in [3.05, 3.63) is 59.7 Å². The van der Waals surface area contributed by atoms with Crippen molar-refractivity contribution in [2.24, 2.45) is 0 Å². The molecule has 4 amide bonds. The molecular formula is C43H74N6O2. The summed E-state index contributed by atoms with van der Waals surface area (Å²) in [5.74, 6) is 0. The first-order valence-corrected chi connectivity index (χ1v) is 20.7. The molecule has 2 aromatic rings. The van der Waals surface area contributed by atoms with Crippen LogP contribution in [0.4, 0.5) is 21.0 Å². The number of urea groups is 2. The topological polar surface area (TPSA) is 88.7 Å². The Morgan fingerprint density at radius 3 is 1.25 bits per heavy atom. The van der Waals surface area contributed by atoms with Gasteiger partial charge in [-0.3, -0.25) is 0 Å². The molecule has 2 rings (SSSR count). The summed E-state index contributed by atoms with van der Waals surface area (Å²) in [6.45, 7) is 17.0. The third kappa shape index (κ3) is 22.4. The van der Waals surface area contributed by atoms with E-state index < -0.39 is 0 Å². The van der Waals surface area contributed by atoms with Crippen LogP contribution in [0.5, 0.6) is 0 Å². The number of nitrogens with zero attached hydrogens (tertiary/aromatic N) is 2. The molecule has 0 saturated heterocycles. The van der Waals surface area contributed by atoms with Gasteiger partial charge in [0.15, 0.2) is 0 Å². The van der Waals surface area contributed by atoms with Gasteiger partial charge in [-0.15, -0.1) is 0 Å². The summed E-state index contributed by atoms with van der Waals surface area (Å²) in [7, 11) is 0. The number of unbranched alkanes of at least 4 members (excludes halogenated alkanes) is 10. The molecule has 0 fully saturated rings. The predicted octanol–water partition coefficient (Wildman–Crippen LogP) is 10.4. The molecule has 4 N–H and O–H groups in total. The van der Waals surface area contributed by atoms with Gasteiger partial charge in [-0.05, 0) is 120 Å². The third-order valence-corrected chi connectivity index (χ3v) is 9.46. The van der Waals surface area contributed by atoms with Crippen LogP contribution in [-0.2, 0) is 6.42 Å². The monoisotopic (exact) mass is 707 g/mol. The standard InChI is InChI=1S/C43H74N6O2/c1-5-9-13-15-17-31-48(29-11-7-3)33-21-27-44-42(50)46-40-25-19-23-38(36-40)35-39-24-20-26-41(37-39)47-43(51)45-28-22-34-49(30-12-8-4)32-18-16-14-10-6-2/h19-20,23-26,36-37H,5-18,21-22,27-35H2,1-4H3,(H2,44,46,50)(H2,45,47,51). The van der Waals surface area contributed by atoms with Crippen LogP contribution in [0.15, 0.2) is 48.5 Å². The van der Waals surface area contributed by atoms with E-state index in [1.54, 1.807) is 0 Å². The number of nitrogens with one attached hydrogen (secondary N) is 4. The van der Waals surface area contributed by atoms with Crippen molar-refractivity contribution in [2.45, 2.75) is 137 Å². The van der Waals surface area contributed by atoms with Crippen LogP contribution in [0.25, 0.3) is 0 Å². The summed E-state index contributed by atoms with van der Waals surface area (Å²) in [4.78, 5) is 30.5. The molecule has 0 radical (unpaired) electrons. The molecule has 0 atom stereocenters. The second-order valence-corrected chi connectivity index (χ2v) is 14.3.